The van der Waals surface area contributed by atoms with Crippen molar-refractivity contribution < 1.29 is 26.3 Å². The highest BCUT2D eigenvalue weighted by Gasteiger charge is 2.73. The first-order valence-corrected chi connectivity index (χ1v) is 6.09. The Morgan fingerprint density at radius 2 is 1.32 bits per heavy atom. The van der Waals surface area contributed by atoms with Gasteiger partial charge in [0.1, 0.15) is 0 Å². The van der Waals surface area contributed by atoms with Crippen LogP contribution in [-0.2, 0) is 0 Å². The molecular formula is C16H16F6. The summed E-state index contributed by atoms with van der Waals surface area (Å²) < 4.78 is 81.3. The molecular weight excluding hydrogens is 306 g/mol. The van der Waals surface area contributed by atoms with Crippen LogP contribution in [0.15, 0.2) is 73.4 Å². The fraction of sp³-hybridized carbons (Fsp3) is 0.250. The second-order valence-corrected chi connectivity index (χ2v) is 4.15. The van der Waals surface area contributed by atoms with Crippen molar-refractivity contribution in [3.63, 3.8) is 0 Å². The quantitative estimate of drug-likeness (QED) is 0.410. The number of halogens is 6. The molecule has 122 valence electrons. The van der Waals surface area contributed by atoms with Crippen LogP contribution in [0.4, 0.5) is 26.3 Å². The predicted octanol–water partition coefficient (Wildman–Crippen LogP) is 6.08. The minimum atomic E-state index is -5.62. The van der Waals surface area contributed by atoms with Crippen LogP contribution in [0.2, 0.25) is 0 Å². The molecule has 0 fully saturated rings. The lowest BCUT2D eigenvalue weighted by Gasteiger charge is -2.39. The molecule has 0 amide bonds. The first kappa shape index (κ1) is 20.0. The van der Waals surface area contributed by atoms with Crippen LogP contribution in [-0.4, -0.2) is 12.4 Å². The van der Waals surface area contributed by atoms with Crippen LogP contribution < -0.4 is 0 Å². The summed E-state index contributed by atoms with van der Waals surface area (Å²) in [4.78, 5) is 0. The van der Waals surface area contributed by atoms with Gasteiger partial charge in [-0.1, -0.05) is 62.3 Å². The van der Waals surface area contributed by atoms with Gasteiger partial charge in [-0.05, 0) is 18.1 Å². The number of hydrogen-bond acceptors (Lipinski definition) is 0. The molecule has 0 aliphatic carbocycles. The molecule has 0 rings (SSSR count). The summed E-state index contributed by atoms with van der Waals surface area (Å²) in [7, 11) is 0. The summed E-state index contributed by atoms with van der Waals surface area (Å²) in [6.45, 7) is 10.6. The Hall–Kier alpha value is -1.98. The van der Waals surface area contributed by atoms with Crippen molar-refractivity contribution in [2.45, 2.75) is 19.3 Å². The molecule has 0 atom stereocenters. The zero-order chi connectivity index (χ0) is 17.6. The maximum Gasteiger partial charge on any atom is 0.411 e. The lowest BCUT2D eigenvalue weighted by Crippen LogP contribution is -2.52. The van der Waals surface area contributed by atoms with Crippen LogP contribution in [0.3, 0.4) is 0 Å². The minimum absolute atomic E-state index is 0.536. The lowest BCUT2D eigenvalue weighted by molar-refractivity contribution is -0.308. The standard InChI is InChI=1S/C16H16F6/c1-5-9-11-13(8-4)14(15(17,18)19,16(20,21)22)12(7-3)10-6-2/h5-11H,1-3H2,4H3/b11-9-,12-10+,13-8+. The summed E-state index contributed by atoms with van der Waals surface area (Å²) >= 11 is 0. The van der Waals surface area contributed by atoms with Gasteiger partial charge in [-0.2, -0.15) is 26.3 Å². The Bertz CT molecular complexity index is 498. The first-order valence-electron chi connectivity index (χ1n) is 6.09. The van der Waals surface area contributed by atoms with E-state index in [4.69, 9.17) is 0 Å². The summed E-state index contributed by atoms with van der Waals surface area (Å²) in [6.07, 6.45) is -5.61. The van der Waals surface area contributed by atoms with Crippen molar-refractivity contribution in [2.24, 2.45) is 5.41 Å². The third-order valence-electron chi connectivity index (χ3n) is 2.96. The second kappa shape index (κ2) is 7.33. The molecule has 0 aromatic carbocycles. The van der Waals surface area contributed by atoms with Crippen molar-refractivity contribution in [3.8, 4) is 0 Å². The molecule has 0 nitrogen and oxygen atoms in total. The van der Waals surface area contributed by atoms with Crippen molar-refractivity contribution >= 4 is 0 Å². The molecule has 0 spiro atoms. The number of hydrogen-bond donors (Lipinski definition) is 0. The lowest BCUT2D eigenvalue weighted by atomic mass is 9.71. The van der Waals surface area contributed by atoms with E-state index in [0.29, 0.717) is 12.2 Å². The average Bonchev–Trinajstić information content (AvgIpc) is 2.38. The van der Waals surface area contributed by atoms with Gasteiger partial charge in [0.25, 0.3) is 0 Å². The topological polar surface area (TPSA) is 0 Å². The maximum absolute atomic E-state index is 13.6. The number of allylic oxidation sites excluding steroid dienone is 9. The van der Waals surface area contributed by atoms with Gasteiger partial charge >= 0.3 is 12.4 Å². The average molecular weight is 322 g/mol. The zero-order valence-electron chi connectivity index (χ0n) is 11.9. The molecule has 22 heavy (non-hydrogen) atoms. The number of alkyl halides is 6. The Kier molecular flexibility index (Phi) is 6.67. The van der Waals surface area contributed by atoms with Gasteiger partial charge in [-0.25, -0.2) is 0 Å². The first-order chi connectivity index (χ1) is 10.0. The summed E-state index contributed by atoms with van der Waals surface area (Å²) in [5, 5.41) is 0. The van der Waals surface area contributed by atoms with Crippen LogP contribution in [0, 0.1) is 5.41 Å². The highest BCUT2D eigenvalue weighted by molar-refractivity contribution is 5.46. The van der Waals surface area contributed by atoms with Gasteiger partial charge in [0.15, 0.2) is 0 Å². The van der Waals surface area contributed by atoms with E-state index in [1.807, 2.05) is 0 Å². The molecule has 0 N–H and O–H groups in total. The molecule has 0 radical (unpaired) electrons. The largest absolute Gasteiger partial charge is 0.411 e. The summed E-state index contributed by atoms with van der Waals surface area (Å²) in [6, 6.07) is 0. The van der Waals surface area contributed by atoms with Gasteiger partial charge in [-0.15, -0.1) is 0 Å². The maximum atomic E-state index is 13.6. The molecule has 0 heterocycles. The predicted molar refractivity (Wildman–Crippen MR) is 76.1 cm³/mol. The van der Waals surface area contributed by atoms with Gasteiger partial charge < -0.3 is 0 Å². The smallest absolute Gasteiger partial charge is 0.169 e. The monoisotopic (exact) mass is 322 g/mol. The van der Waals surface area contributed by atoms with Crippen LogP contribution in [0.25, 0.3) is 0 Å². The van der Waals surface area contributed by atoms with Crippen LogP contribution in [0.1, 0.15) is 6.92 Å². The van der Waals surface area contributed by atoms with Gasteiger partial charge in [-0.3, -0.25) is 0 Å². The van der Waals surface area contributed by atoms with E-state index in [2.05, 4.69) is 19.7 Å². The molecule has 0 unspecified atom stereocenters. The Morgan fingerprint density at radius 1 is 0.818 bits per heavy atom. The minimum Gasteiger partial charge on any atom is -0.169 e. The van der Waals surface area contributed by atoms with Gasteiger partial charge in [0, 0.05) is 0 Å². The van der Waals surface area contributed by atoms with Crippen molar-refractivity contribution in [2.75, 3.05) is 0 Å². The van der Waals surface area contributed by atoms with Crippen molar-refractivity contribution in [3.05, 3.63) is 73.4 Å². The molecule has 0 saturated heterocycles. The van der Waals surface area contributed by atoms with E-state index < -0.39 is 28.9 Å². The Morgan fingerprint density at radius 3 is 1.59 bits per heavy atom. The molecule has 0 aliphatic heterocycles. The van der Waals surface area contributed by atoms with E-state index in [1.165, 1.54) is 0 Å². The SMILES string of the molecule is C=C/C=C\C(=C/C)C(/C(C=C)=C/C=C)(C(F)(F)F)C(F)(F)F. The third-order valence-corrected chi connectivity index (χ3v) is 2.96. The Labute approximate surface area is 125 Å². The molecule has 0 aromatic heterocycles. The van der Waals surface area contributed by atoms with Crippen LogP contribution in [0.5, 0.6) is 0 Å². The van der Waals surface area contributed by atoms with Crippen molar-refractivity contribution in [1.82, 2.24) is 0 Å². The van der Waals surface area contributed by atoms with Gasteiger partial charge in [0.2, 0.25) is 5.41 Å². The van der Waals surface area contributed by atoms with Crippen molar-refractivity contribution in [1.29, 1.82) is 0 Å². The molecule has 0 aromatic rings. The highest BCUT2D eigenvalue weighted by Crippen LogP contribution is 2.59. The molecule has 0 bridgehead atoms. The van der Waals surface area contributed by atoms with Gasteiger partial charge in [0.05, 0.1) is 0 Å². The zero-order valence-corrected chi connectivity index (χ0v) is 11.9. The summed E-state index contributed by atoms with van der Waals surface area (Å²) in [5.41, 5.74) is -6.21. The van der Waals surface area contributed by atoms with E-state index >= 15 is 0 Å². The molecule has 6 heteroatoms. The molecule has 0 aliphatic rings. The Balaban J connectivity index is 6.95. The van der Waals surface area contributed by atoms with E-state index in [1.54, 1.807) is 0 Å². The molecule has 0 saturated carbocycles. The van der Waals surface area contributed by atoms with Crippen LogP contribution >= 0.6 is 0 Å². The highest BCUT2D eigenvalue weighted by atomic mass is 19.4. The second-order valence-electron chi connectivity index (χ2n) is 4.15. The van der Waals surface area contributed by atoms with E-state index in [-0.39, 0.29) is 0 Å². The number of rotatable bonds is 6. The summed E-state index contributed by atoms with van der Waals surface area (Å²) in [5.74, 6) is 0. The van der Waals surface area contributed by atoms with E-state index in [0.717, 1.165) is 37.3 Å². The fourth-order valence-electron chi connectivity index (χ4n) is 2.06. The third kappa shape index (κ3) is 3.43. The normalized spacial score (nSPS) is 15.0. The van der Waals surface area contributed by atoms with E-state index in [9.17, 15) is 26.3 Å². The fourth-order valence-corrected chi connectivity index (χ4v) is 2.06.